The number of benzene rings is 1. The molecule has 1 atom stereocenters. The maximum atomic E-state index is 12.4. The Morgan fingerprint density at radius 2 is 1.94 bits per heavy atom. The van der Waals surface area contributed by atoms with Crippen molar-refractivity contribution in [3.8, 4) is 5.75 Å². The maximum Gasteiger partial charge on any atom is 0.273 e. The Kier molecular flexibility index (Phi) is 9.40. The van der Waals surface area contributed by atoms with Crippen LogP contribution < -0.4 is 15.4 Å². The lowest BCUT2D eigenvalue weighted by atomic mass is 9.76. The van der Waals surface area contributed by atoms with Gasteiger partial charge in [-0.1, -0.05) is 53.7 Å². The van der Waals surface area contributed by atoms with E-state index < -0.39 is 0 Å². The van der Waals surface area contributed by atoms with Gasteiger partial charge in [0, 0.05) is 24.6 Å². The number of oxazole rings is 1. The molecule has 1 aromatic carbocycles. The molecule has 35 heavy (non-hydrogen) atoms. The van der Waals surface area contributed by atoms with Crippen LogP contribution in [0, 0.1) is 0 Å². The monoisotopic (exact) mass is 483 g/mol. The van der Waals surface area contributed by atoms with E-state index >= 15 is 0 Å². The van der Waals surface area contributed by atoms with Crippen molar-refractivity contribution in [1.29, 1.82) is 0 Å². The van der Waals surface area contributed by atoms with E-state index in [0.29, 0.717) is 24.7 Å². The molecule has 1 aliphatic heterocycles. The number of ether oxygens (including phenoxy) is 1. The fraction of sp³-hybridized carbons (Fsp3) is 0.655. The highest BCUT2D eigenvalue weighted by molar-refractivity contribution is 5.91. The molecular weight excluding hydrogens is 438 g/mol. The molecule has 1 aliphatic rings. The lowest BCUT2D eigenvalue weighted by Crippen LogP contribution is -2.29. The fourth-order valence-electron chi connectivity index (χ4n) is 4.34. The number of carbonyl (C=O) groups is 1. The minimum atomic E-state index is -0.175. The number of hydrogen-bond acceptors (Lipinski definition) is 5. The number of nitrogens with zero attached hydrogens (tertiary/aromatic N) is 1. The van der Waals surface area contributed by atoms with Gasteiger partial charge in [-0.3, -0.25) is 4.79 Å². The van der Waals surface area contributed by atoms with Gasteiger partial charge in [-0.05, 0) is 67.5 Å². The molecule has 3 rings (SSSR count). The SMILES string of the molecule is CCC(C)(C)c1ccc(OCCCCNC(=O)c2coc(C3CCCNC3)n2)c(C(C)(C)CC)c1. The highest BCUT2D eigenvalue weighted by atomic mass is 16.5. The highest BCUT2D eigenvalue weighted by Crippen LogP contribution is 2.38. The van der Waals surface area contributed by atoms with Crippen molar-refractivity contribution in [3.05, 3.63) is 47.2 Å². The second-order valence-corrected chi connectivity index (χ2v) is 11.1. The van der Waals surface area contributed by atoms with Crippen LogP contribution in [0.25, 0.3) is 0 Å². The third-order valence-corrected chi connectivity index (χ3v) is 7.77. The van der Waals surface area contributed by atoms with Crippen molar-refractivity contribution in [3.63, 3.8) is 0 Å². The number of piperidine rings is 1. The standard InChI is InChI=1S/C29H45N3O3/c1-7-28(3,4)22-13-14-25(23(18-22)29(5,6)8-2)34-17-10-9-16-31-26(33)24-20-35-27(32-24)21-12-11-15-30-19-21/h13-14,18,20-21,30H,7-12,15-17,19H2,1-6H3,(H,31,33). The van der Waals surface area contributed by atoms with E-state index in [0.717, 1.165) is 57.4 Å². The van der Waals surface area contributed by atoms with Crippen molar-refractivity contribution in [2.45, 2.75) is 96.8 Å². The van der Waals surface area contributed by atoms with E-state index in [2.05, 4.69) is 75.4 Å². The van der Waals surface area contributed by atoms with Crippen LogP contribution in [0.1, 0.15) is 113 Å². The fourth-order valence-corrected chi connectivity index (χ4v) is 4.34. The van der Waals surface area contributed by atoms with Crippen molar-refractivity contribution in [1.82, 2.24) is 15.6 Å². The van der Waals surface area contributed by atoms with E-state index in [4.69, 9.17) is 9.15 Å². The van der Waals surface area contributed by atoms with Gasteiger partial charge in [0.2, 0.25) is 0 Å². The molecule has 194 valence electrons. The molecule has 1 amide bonds. The minimum absolute atomic E-state index is 0.0489. The molecule has 0 spiro atoms. The first-order valence-electron chi connectivity index (χ1n) is 13.4. The lowest BCUT2D eigenvalue weighted by molar-refractivity contribution is 0.0947. The van der Waals surface area contributed by atoms with Crippen LogP contribution in [0.3, 0.4) is 0 Å². The number of rotatable bonds is 12. The maximum absolute atomic E-state index is 12.4. The summed E-state index contributed by atoms with van der Waals surface area (Å²) in [6.45, 7) is 16.7. The van der Waals surface area contributed by atoms with Crippen molar-refractivity contribution in [2.24, 2.45) is 0 Å². The molecule has 0 radical (unpaired) electrons. The molecule has 0 saturated carbocycles. The van der Waals surface area contributed by atoms with Gasteiger partial charge in [0.15, 0.2) is 11.6 Å². The Hall–Kier alpha value is -2.34. The molecule has 2 heterocycles. The molecule has 1 fully saturated rings. The average Bonchev–Trinajstić information content (AvgIpc) is 3.37. The summed E-state index contributed by atoms with van der Waals surface area (Å²) >= 11 is 0. The van der Waals surface area contributed by atoms with Crippen LogP contribution in [0.2, 0.25) is 0 Å². The van der Waals surface area contributed by atoms with Gasteiger partial charge < -0.3 is 19.8 Å². The number of unbranched alkanes of at least 4 members (excludes halogenated alkanes) is 1. The molecule has 1 saturated heterocycles. The Balaban J connectivity index is 1.47. The van der Waals surface area contributed by atoms with E-state index in [-0.39, 0.29) is 22.7 Å². The third kappa shape index (κ3) is 7.09. The van der Waals surface area contributed by atoms with Crippen LogP contribution in [-0.2, 0) is 10.8 Å². The van der Waals surface area contributed by atoms with Gasteiger partial charge in [0.05, 0.1) is 6.61 Å². The number of carbonyl (C=O) groups excluding carboxylic acids is 1. The number of aromatic nitrogens is 1. The second kappa shape index (κ2) is 12.1. The molecular formula is C29H45N3O3. The van der Waals surface area contributed by atoms with Gasteiger partial charge >= 0.3 is 0 Å². The Bertz CT molecular complexity index is 958. The van der Waals surface area contributed by atoms with Crippen molar-refractivity contribution in [2.75, 3.05) is 26.2 Å². The van der Waals surface area contributed by atoms with Gasteiger partial charge in [-0.15, -0.1) is 0 Å². The van der Waals surface area contributed by atoms with Crippen LogP contribution in [0.4, 0.5) is 0 Å². The number of hydrogen-bond donors (Lipinski definition) is 2. The Labute approximate surface area is 211 Å². The summed E-state index contributed by atoms with van der Waals surface area (Å²) in [5, 5.41) is 6.31. The van der Waals surface area contributed by atoms with Gasteiger partial charge in [0.25, 0.3) is 5.91 Å². The zero-order valence-electron chi connectivity index (χ0n) is 22.6. The average molecular weight is 484 g/mol. The summed E-state index contributed by atoms with van der Waals surface area (Å²) in [7, 11) is 0. The summed E-state index contributed by atoms with van der Waals surface area (Å²) in [4.78, 5) is 16.9. The number of nitrogens with one attached hydrogen (secondary N) is 2. The van der Waals surface area contributed by atoms with Gasteiger partial charge in [-0.2, -0.15) is 0 Å². The number of amides is 1. The van der Waals surface area contributed by atoms with E-state index in [1.54, 1.807) is 0 Å². The minimum Gasteiger partial charge on any atom is -0.493 e. The normalized spacial score (nSPS) is 16.8. The topological polar surface area (TPSA) is 76.4 Å². The first-order chi connectivity index (χ1) is 16.7. The van der Waals surface area contributed by atoms with E-state index in [9.17, 15) is 4.79 Å². The Morgan fingerprint density at radius 1 is 1.17 bits per heavy atom. The van der Waals surface area contributed by atoms with E-state index in [1.807, 2.05) is 0 Å². The summed E-state index contributed by atoms with van der Waals surface area (Å²) in [5.41, 5.74) is 3.20. The van der Waals surface area contributed by atoms with Gasteiger partial charge in [-0.25, -0.2) is 4.98 Å². The molecule has 0 aliphatic carbocycles. The molecule has 1 aromatic heterocycles. The Morgan fingerprint density at radius 3 is 2.63 bits per heavy atom. The first kappa shape index (κ1) is 27.3. The first-order valence-corrected chi connectivity index (χ1v) is 13.4. The van der Waals surface area contributed by atoms with Crippen LogP contribution in [-0.4, -0.2) is 37.1 Å². The molecule has 2 N–H and O–H groups in total. The molecule has 0 bridgehead atoms. The second-order valence-electron chi connectivity index (χ2n) is 11.1. The molecule has 1 unspecified atom stereocenters. The molecule has 6 heteroatoms. The van der Waals surface area contributed by atoms with Crippen LogP contribution in [0.15, 0.2) is 28.9 Å². The van der Waals surface area contributed by atoms with Crippen LogP contribution in [0.5, 0.6) is 5.75 Å². The summed E-state index contributed by atoms with van der Waals surface area (Å²) in [5.74, 6) is 1.72. The molecule has 2 aromatic rings. The largest absolute Gasteiger partial charge is 0.493 e. The van der Waals surface area contributed by atoms with Crippen LogP contribution >= 0.6 is 0 Å². The zero-order chi connectivity index (χ0) is 25.5. The smallest absolute Gasteiger partial charge is 0.273 e. The quantitative estimate of drug-likeness (QED) is 0.356. The summed E-state index contributed by atoms with van der Waals surface area (Å²) in [6, 6.07) is 6.70. The predicted octanol–water partition coefficient (Wildman–Crippen LogP) is 6.11. The third-order valence-electron chi connectivity index (χ3n) is 7.77. The summed E-state index contributed by atoms with van der Waals surface area (Å²) in [6.07, 6.45) is 7.48. The van der Waals surface area contributed by atoms with Crippen molar-refractivity contribution < 1.29 is 13.9 Å². The van der Waals surface area contributed by atoms with Crippen molar-refractivity contribution >= 4 is 5.91 Å². The zero-order valence-corrected chi connectivity index (χ0v) is 22.6. The highest BCUT2D eigenvalue weighted by Gasteiger charge is 2.26. The molecule has 6 nitrogen and oxygen atoms in total. The van der Waals surface area contributed by atoms with E-state index in [1.165, 1.54) is 17.4 Å². The predicted molar refractivity (Wildman–Crippen MR) is 141 cm³/mol. The van der Waals surface area contributed by atoms with Gasteiger partial charge in [0.1, 0.15) is 12.0 Å². The summed E-state index contributed by atoms with van der Waals surface area (Å²) < 4.78 is 11.8. The lowest BCUT2D eigenvalue weighted by Gasteiger charge is -2.30.